The van der Waals surface area contributed by atoms with Crippen LogP contribution in [0.1, 0.15) is 21.8 Å². The van der Waals surface area contributed by atoms with E-state index in [1.54, 1.807) is 31.2 Å². The molecule has 0 unspecified atom stereocenters. The van der Waals surface area contributed by atoms with Crippen molar-refractivity contribution in [1.82, 2.24) is 5.16 Å². The van der Waals surface area contributed by atoms with Crippen LogP contribution in [-0.4, -0.2) is 16.2 Å². The number of halogens is 1. The van der Waals surface area contributed by atoms with Gasteiger partial charge in [0.05, 0.1) is 0 Å². The van der Waals surface area contributed by atoms with Crippen LogP contribution in [0, 0.1) is 10.5 Å². The predicted molar refractivity (Wildman–Crippen MR) is 71.7 cm³/mol. The summed E-state index contributed by atoms with van der Waals surface area (Å²) in [6.07, 6.45) is 0. The maximum atomic E-state index is 11.1. The molecule has 1 aromatic heterocycles. The van der Waals surface area contributed by atoms with Crippen molar-refractivity contribution in [3.8, 4) is 5.75 Å². The van der Waals surface area contributed by atoms with Crippen molar-refractivity contribution in [2.45, 2.75) is 13.5 Å². The van der Waals surface area contributed by atoms with Crippen molar-refractivity contribution >= 4 is 28.6 Å². The van der Waals surface area contributed by atoms with Gasteiger partial charge in [0.1, 0.15) is 29.4 Å². The minimum absolute atomic E-state index is 0.141. The van der Waals surface area contributed by atoms with Gasteiger partial charge >= 0.3 is 5.97 Å². The fourth-order valence-corrected chi connectivity index (χ4v) is 1.92. The Kier molecular flexibility index (Phi) is 3.85. The van der Waals surface area contributed by atoms with Gasteiger partial charge in [-0.3, -0.25) is 0 Å². The Labute approximate surface area is 117 Å². The SMILES string of the molecule is Cc1cc(COc2ccc(I)cc2C(=O)O)no1. The van der Waals surface area contributed by atoms with Gasteiger partial charge < -0.3 is 14.4 Å². The van der Waals surface area contributed by atoms with Crippen molar-refractivity contribution in [2.24, 2.45) is 0 Å². The highest BCUT2D eigenvalue weighted by Gasteiger charge is 2.12. The highest BCUT2D eigenvalue weighted by molar-refractivity contribution is 14.1. The average molecular weight is 359 g/mol. The summed E-state index contributed by atoms with van der Waals surface area (Å²) in [7, 11) is 0. The van der Waals surface area contributed by atoms with Gasteiger partial charge in [-0.2, -0.15) is 0 Å². The first-order valence-electron chi connectivity index (χ1n) is 5.14. The number of ether oxygens (including phenoxy) is 1. The zero-order valence-electron chi connectivity index (χ0n) is 9.51. The Morgan fingerprint density at radius 2 is 2.28 bits per heavy atom. The summed E-state index contributed by atoms with van der Waals surface area (Å²) in [5, 5.41) is 12.8. The molecule has 5 nitrogen and oxygen atoms in total. The predicted octanol–water partition coefficient (Wildman–Crippen LogP) is 2.86. The zero-order chi connectivity index (χ0) is 13.1. The van der Waals surface area contributed by atoms with Gasteiger partial charge in [0.15, 0.2) is 0 Å². The van der Waals surface area contributed by atoms with E-state index >= 15 is 0 Å². The molecular formula is C12H10INO4. The molecule has 1 aromatic carbocycles. The van der Waals surface area contributed by atoms with Gasteiger partial charge in [0.25, 0.3) is 0 Å². The van der Waals surface area contributed by atoms with Crippen LogP contribution in [0.25, 0.3) is 0 Å². The smallest absolute Gasteiger partial charge is 0.339 e. The number of carbonyl (C=O) groups is 1. The second kappa shape index (κ2) is 5.38. The van der Waals surface area contributed by atoms with Crippen LogP contribution in [0.3, 0.4) is 0 Å². The van der Waals surface area contributed by atoms with E-state index in [1.807, 2.05) is 0 Å². The third-order valence-corrected chi connectivity index (χ3v) is 2.90. The molecule has 2 aromatic rings. The van der Waals surface area contributed by atoms with E-state index in [0.29, 0.717) is 17.2 Å². The Balaban J connectivity index is 2.16. The summed E-state index contributed by atoms with van der Waals surface area (Å²) < 4.78 is 11.2. The second-order valence-corrected chi connectivity index (χ2v) is 4.91. The van der Waals surface area contributed by atoms with Crippen molar-refractivity contribution in [2.75, 3.05) is 0 Å². The van der Waals surface area contributed by atoms with Gasteiger partial charge in [-0.25, -0.2) is 4.79 Å². The van der Waals surface area contributed by atoms with Crippen LogP contribution in [-0.2, 0) is 6.61 Å². The molecule has 0 aliphatic heterocycles. The van der Waals surface area contributed by atoms with E-state index in [2.05, 4.69) is 27.7 Å². The summed E-state index contributed by atoms with van der Waals surface area (Å²) in [6, 6.07) is 6.73. The number of hydrogen-bond acceptors (Lipinski definition) is 4. The minimum atomic E-state index is -1.01. The van der Waals surface area contributed by atoms with Crippen LogP contribution in [0.5, 0.6) is 5.75 Å². The number of carboxylic acids is 1. The van der Waals surface area contributed by atoms with Crippen LogP contribution in [0.4, 0.5) is 0 Å². The summed E-state index contributed by atoms with van der Waals surface area (Å²) in [5.74, 6) is -0.00177. The van der Waals surface area contributed by atoms with Crippen molar-refractivity contribution in [3.05, 3.63) is 44.9 Å². The lowest BCUT2D eigenvalue weighted by Gasteiger charge is -2.07. The lowest BCUT2D eigenvalue weighted by Crippen LogP contribution is -2.04. The number of carboxylic acid groups (broad SMARTS) is 1. The van der Waals surface area contributed by atoms with E-state index in [9.17, 15) is 4.79 Å². The van der Waals surface area contributed by atoms with Crippen LogP contribution in [0.2, 0.25) is 0 Å². The third kappa shape index (κ3) is 3.00. The highest BCUT2D eigenvalue weighted by atomic mass is 127. The molecule has 0 radical (unpaired) electrons. The topological polar surface area (TPSA) is 72.6 Å². The largest absolute Gasteiger partial charge is 0.486 e. The molecule has 1 N–H and O–H groups in total. The maximum absolute atomic E-state index is 11.1. The highest BCUT2D eigenvalue weighted by Crippen LogP contribution is 2.22. The van der Waals surface area contributed by atoms with Crippen LogP contribution < -0.4 is 4.74 Å². The Morgan fingerprint density at radius 3 is 2.89 bits per heavy atom. The number of aromatic carboxylic acids is 1. The van der Waals surface area contributed by atoms with E-state index in [1.165, 1.54) is 0 Å². The molecule has 0 bridgehead atoms. The van der Waals surface area contributed by atoms with E-state index in [-0.39, 0.29) is 12.2 Å². The average Bonchev–Trinajstić information content (AvgIpc) is 2.73. The molecule has 94 valence electrons. The minimum Gasteiger partial charge on any atom is -0.486 e. The van der Waals surface area contributed by atoms with Gasteiger partial charge in [0.2, 0.25) is 0 Å². The Bertz CT molecular complexity index is 579. The molecular weight excluding hydrogens is 349 g/mol. The number of aromatic nitrogens is 1. The maximum Gasteiger partial charge on any atom is 0.339 e. The molecule has 0 fully saturated rings. The van der Waals surface area contributed by atoms with Gasteiger partial charge in [-0.15, -0.1) is 0 Å². The fourth-order valence-electron chi connectivity index (χ4n) is 1.43. The molecule has 0 atom stereocenters. The quantitative estimate of drug-likeness (QED) is 0.850. The first-order chi connectivity index (χ1) is 8.56. The molecule has 6 heteroatoms. The lowest BCUT2D eigenvalue weighted by atomic mass is 10.2. The monoisotopic (exact) mass is 359 g/mol. The van der Waals surface area contributed by atoms with Crippen molar-refractivity contribution in [3.63, 3.8) is 0 Å². The summed E-state index contributed by atoms with van der Waals surface area (Å²) >= 11 is 2.05. The number of nitrogens with zero attached hydrogens (tertiary/aromatic N) is 1. The fraction of sp³-hybridized carbons (Fsp3) is 0.167. The molecule has 18 heavy (non-hydrogen) atoms. The molecule has 2 rings (SSSR count). The molecule has 0 aliphatic rings. The lowest BCUT2D eigenvalue weighted by molar-refractivity contribution is 0.0691. The van der Waals surface area contributed by atoms with Gasteiger partial charge in [0, 0.05) is 9.64 Å². The number of aryl methyl sites for hydroxylation is 1. The number of hydrogen-bond donors (Lipinski definition) is 1. The molecule has 0 aliphatic carbocycles. The van der Waals surface area contributed by atoms with E-state index < -0.39 is 5.97 Å². The first kappa shape index (κ1) is 12.9. The molecule has 0 spiro atoms. The number of benzene rings is 1. The summed E-state index contributed by atoms with van der Waals surface area (Å²) in [6.45, 7) is 1.96. The third-order valence-electron chi connectivity index (χ3n) is 2.22. The van der Waals surface area contributed by atoms with Gasteiger partial charge in [-0.1, -0.05) is 5.16 Å². The normalized spacial score (nSPS) is 10.3. The summed E-state index contributed by atoms with van der Waals surface area (Å²) in [4.78, 5) is 11.1. The van der Waals surface area contributed by atoms with E-state index in [0.717, 1.165) is 3.57 Å². The van der Waals surface area contributed by atoms with Crippen LogP contribution >= 0.6 is 22.6 Å². The molecule has 0 saturated carbocycles. The Morgan fingerprint density at radius 1 is 1.50 bits per heavy atom. The number of rotatable bonds is 4. The van der Waals surface area contributed by atoms with Gasteiger partial charge in [-0.05, 0) is 47.7 Å². The van der Waals surface area contributed by atoms with Crippen molar-refractivity contribution < 1.29 is 19.2 Å². The summed E-state index contributed by atoms with van der Waals surface area (Å²) in [5.41, 5.74) is 0.768. The van der Waals surface area contributed by atoms with Crippen molar-refractivity contribution in [1.29, 1.82) is 0 Å². The standard InChI is InChI=1S/C12H10INO4/c1-7-4-9(14-18-7)6-17-11-3-2-8(13)5-10(11)12(15)16/h2-5H,6H2,1H3,(H,15,16). The molecule has 1 heterocycles. The zero-order valence-corrected chi connectivity index (χ0v) is 11.7. The van der Waals surface area contributed by atoms with Crippen LogP contribution in [0.15, 0.2) is 28.8 Å². The Hall–Kier alpha value is -1.57. The first-order valence-corrected chi connectivity index (χ1v) is 6.22. The molecule has 0 amide bonds. The molecule has 0 saturated heterocycles. The van der Waals surface area contributed by atoms with E-state index in [4.69, 9.17) is 14.4 Å². The second-order valence-electron chi connectivity index (χ2n) is 3.66.